The van der Waals surface area contributed by atoms with E-state index in [4.69, 9.17) is 0 Å². The summed E-state index contributed by atoms with van der Waals surface area (Å²) in [5.41, 5.74) is 2.82. The van der Waals surface area contributed by atoms with E-state index in [9.17, 15) is 4.79 Å². The van der Waals surface area contributed by atoms with E-state index in [1.165, 1.54) is 0 Å². The van der Waals surface area contributed by atoms with Crippen molar-refractivity contribution in [3.63, 3.8) is 0 Å². The van der Waals surface area contributed by atoms with Gasteiger partial charge in [0.05, 0.1) is 10.8 Å². The Morgan fingerprint density at radius 2 is 1.97 bits per heavy atom. The minimum absolute atomic E-state index is 0.0592. The van der Waals surface area contributed by atoms with Crippen molar-refractivity contribution in [1.82, 2.24) is 10.2 Å². The smallest absolute Gasteiger partial charge is 0.229 e. The highest BCUT2D eigenvalue weighted by Gasteiger charge is 2.27. The fourth-order valence-corrected chi connectivity index (χ4v) is 4.23. The van der Waals surface area contributed by atoms with E-state index in [-0.39, 0.29) is 11.8 Å². The molecule has 0 radical (unpaired) electrons. The Morgan fingerprint density at radius 3 is 2.62 bits per heavy atom. The van der Waals surface area contributed by atoms with E-state index in [2.05, 4.69) is 20.4 Å². The summed E-state index contributed by atoms with van der Waals surface area (Å²) in [4.78, 5) is 18.1. The average Bonchev–Trinajstić information content (AvgIpc) is 3.29. The quantitative estimate of drug-likeness (QED) is 0.689. The lowest BCUT2D eigenvalue weighted by molar-refractivity contribution is -0.120. The zero-order chi connectivity index (χ0) is 20.2. The lowest BCUT2D eigenvalue weighted by Crippen LogP contribution is -2.41. The molecule has 1 amide bonds. The Bertz CT molecular complexity index is 938. The Balaban J connectivity index is 1.39. The van der Waals surface area contributed by atoms with Crippen molar-refractivity contribution in [3.05, 3.63) is 53.9 Å². The van der Waals surface area contributed by atoms with Gasteiger partial charge in [-0.3, -0.25) is 4.79 Å². The molecule has 0 spiro atoms. The van der Waals surface area contributed by atoms with Crippen molar-refractivity contribution < 1.29 is 4.79 Å². The SMILES string of the molecule is CN(C)c1ccc(NC(=O)C2CCCN(c3ccc(-c4cccs4)nn3)C2)cc1. The number of aromatic nitrogens is 2. The minimum atomic E-state index is -0.0592. The van der Waals surface area contributed by atoms with Gasteiger partial charge in [0.25, 0.3) is 0 Å². The molecule has 150 valence electrons. The van der Waals surface area contributed by atoms with Gasteiger partial charge in [0.2, 0.25) is 5.91 Å². The van der Waals surface area contributed by atoms with Gasteiger partial charge in [-0.05, 0) is 60.7 Å². The molecule has 0 bridgehead atoms. The first kappa shape index (κ1) is 19.4. The minimum Gasteiger partial charge on any atom is -0.378 e. The summed E-state index contributed by atoms with van der Waals surface area (Å²) in [5.74, 6) is 0.838. The number of hydrogen-bond acceptors (Lipinski definition) is 6. The van der Waals surface area contributed by atoms with Gasteiger partial charge in [-0.1, -0.05) is 6.07 Å². The summed E-state index contributed by atoms with van der Waals surface area (Å²) in [6.07, 6.45) is 1.85. The maximum atomic E-state index is 12.8. The first-order valence-corrected chi connectivity index (χ1v) is 10.7. The summed E-state index contributed by atoms with van der Waals surface area (Å²) in [5, 5.41) is 13.9. The van der Waals surface area contributed by atoms with Crippen LogP contribution in [0.5, 0.6) is 0 Å². The number of hydrogen-bond donors (Lipinski definition) is 1. The predicted octanol–water partition coefficient (Wildman–Crippen LogP) is 4.13. The molecule has 1 N–H and O–H groups in total. The zero-order valence-corrected chi connectivity index (χ0v) is 17.5. The number of piperidine rings is 1. The maximum Gasteiger partial charge on any atom is 0.229 e. The maximum absolute atomic E-state index is 12.8. The highest BCUT2D eigenvalue weighted by atomic mass is 32.1. The second-order valence-electron chi connectivity index (χ2n) is 7.47. The van der Waals surface area contributed by atoms with Crippen molar-refractivity contribution in [3.8, 4) is 10.6 Å². The Hall–Kier alpha value is -2.93. The Kier molecular flexibility index (Phi) is 5.76. The lowest BCUT2D eigenvalue weighted by Gasteiger charge is -2.32. The van der Waals surface area contributed by atoms with E-state index < -0.39 is 0 Å². The number of benzene rings is 1. The molecular weight excluding hydrogens is 382 g/mol. The summed E-state index contributed by atoms with van der Waals surface area (Å²) in [7, 11) is 4.00. The van der Waals surface area contributed by atoms with Gasteiger partial charge in [0, 0.05) is 38.6 Å². The van der Waals surface area contributed by atoms with Crippen molar-refractivity contribution in [2.75, 3.05) is 42.3 Å². The van der Waals surface area contributed by atoms with Crippen LogP contribution in [0.1, 0.15) is 12.8 Å². The summed E-state index contributed by atoms with van der Waals surface area (Å²) < 4.78 is 0. The fraction of sp³-hybridized carbons (Fsp3) is 0.318. The van der Waals surface area contributed by atoms with Crippen LogP contribution < -0.4 is 15.1 Å². The third kappa shape index (κ3) is 4.56. The monoisotopic (exact) mass is 407 g/mol. The molecule has 3 aromatic rings. The summed E-state index contributed by atoms with van der Waals surface area (Å²) in [6.45, 7) is 1.56. The molecular formula is C22H25N5OS. The summed E-state index contributed by atoms with van der Waals surface area (Å²) >= 11 is 1.65. The van der Waals surface area contributed by atoms with Crippen LogP contribution in [0.2, 0.25) is 0 Å². The number of nitrogens with zero attached hydrogens (tertiary/aromatic N) is 4. The molecule has 7 heteroatoms. The van der Waals surface area contributed by atoms with E-state index in [1.807, 2.05) is 72.9 Å². The normalized spacial score (nSPS) is 16.5. The molecule has 1 aromatic carbocycles. The highest BCUT2D eigenvalue weighted by molar-refractivity contribution is 7.13. The number of thiophene rings is 1. The third-order valence-electron chi connectivity index (χ3n) is 5.19. The lowest BCUT2D eigenvalue weighted by atomic mass is 9.97. The molecule has 4 rings (SSSR count). The standard InChI is InChI=1S/C22H25N5OS/c1-26(2)18-9-7-17(8-10-18)23-22(28)16-5-3-13-27(15-16)21-12-11-19(24-25-21)20-6-4-14-29-20/h4,6-12,14,16H,3,5,13,15H2,1-2H3,(H,23,28). The molecule has 0 saturated carbocycles. The van der Waals surface area contributed by atoms with Gasteiger partial charge >= 0.3 is 0 Å². The molecule has 6 nitrogen and oxygen atoms in total. The Morgan fingerprint density at radius 1 is 1.14 bits per heavy atom. The van der Waals surface area contributed by atoms with Gasteiger partial charge in [-0.15, -0.1) is 21.5 Å². The summed E-state index contributed by atoms with van der Waals surface area (Å²) in [6, 6.07) is 16.0. The van der Waals surface area contributed by atoms with Crippen LogP contribution in [-0.4, -0.2) is 43.3 Å². The van der Waals surface area contributed by atoms with Gasteiger partial charge in [-0.25, -0.2) is 0 Å². The molecule has 1 aliphatic rings. The Labute approximate surface area is 175 Å². The molecule has 1 fully saturated rings. The topological polar surface area (TPSA) is 61.4 Å². The largest absolute Gasteiger partial charge is 0.378 e. The molecule has 0 aliphatic carbocycles. The van der Waals surface area contributed by atoms with E-state index >= 15 is 0 Å². The number of nitrogens with one attached hydrogen (secondary N) is 1. The molecule has 1 atom stereocenters. The second kappa shape index (κ2) is 8.61. The van der Waals surface area contributed by atoms with Crippen molar-refractivity contribution in [1.29, 1.82) is 0 Å². The number of carbonyl (C=O) groups excluding carboxylic acids is 1. The predicted molar refractivity (Wildman–Crippen MR) is 120 cm³/mol. The van der Waals surface area contributed by atoms with Crippen LogP contribution in [0.3, 0.4) is 0 Å². The van der Waals surface area contributed by atoms with Gasteiger partial charge in [0.15, 0.2) is 5.82 Å². The van der Waals surface area contributed by atoms with Crippen molar-refractivity contribution in [2.24, 2.45) is 5.92 Å². The first-order chi connectivity index (χ1) is 14.1. The molecule has 1 saturated heterocycles. The van der Waals surface area contributed by atoms with Gasteiger partial charge in [0.1, 0.15) is 5.69 Å². The molecule has 1 unspecified atom stereocenters. The number of amides is 1. The third-order valence-corrected chi connectivity index (χ3v) is 6.08. The van der Waals surface area contributed by atoms with Crippen molar-refractivity contribution >= 4 is 34.4 Å². The van der Waals surface area contributed by atoms with Crippen LogP contribution >= 0.6 is 11.3 Å². The highest BCUT2D eigenvalue weighted by Crippen LogP contribution is 2.26. The van der Waals surface area contributed by atoms with Crippen molar-refractivity contribution in [2.45, 2.75) is 12.8 Å². The van der Waals surface area contributed by atoms with Crippen LogP contribution in [0.25, 0.3) is 10.6 Å². The number of carbonyl (C=O) groups is 1. The fourth-order valence-electron chi connectivity index (χ4n) is 3.54. The van der Waals surface area contributed by atoms with Gasteiger partial charge in [-0.2, -0.15) is 0 Å². The molecule has 2 aromatic heterocycles. The zero-order valence-electron chi connectivity index (χ0n) is 16.7. The van der Waals surface area contributed by atoms with Gasteiger partial charge < -0.3 is 15.1 Å². The van der Waals surface area contributed by atoms with E-state index in [0.717, 1.165) is 47.2 Å². The van der Waals surface area contributed by atoms with E-state index in [1.54, 1.807) is 11.3 Å². The second-order valence-corrected chi connectivity index (χ2v) is 8.42. The van der Waals surface area contributed by atoms with E-state index in [0.29, 0.717) is 6.54 Å². The number of rotatable bonds is 5. The molecule has 29 heavy (non-hydrogen) atoms. The first-order valence-electron chi connectivity index (χ1n) is 9.81. The number of anilines is 3. The average molecular weight is 408 g/mol. The van der Waals surface area contributed by atoms with Crippen LogP contribution in [0.15, 0.2) is 53.9 Å². The van der Waals surface area contributed by atoms with Crippen LogP contribution in [-0.2, 0) is 4.79 Å². The molecule has 1 aliphatic heterocycles. The van der Waals surface area contributed by atoms with Crippen LogP contribution in [0.4, 0.5) is 17.2 Å². The molecule has 3 heterocycles. The van der Waals surface area contributed by atoms with Crippen LogP contribution in [0, 0.1) is 5.92 Å².